The molecule has 0 atom stereocenters. The van der Waals surface area contributed by atoms with Crippen LogP contribution in [-0.4, -0.2) is 19.7 Å². The van der Waals surface area contributed by atoms with Crippen LogP contribution in [0.1, 0.15) is 28.4 Å². The van der Waals surface area contributed by atoms with E-state index < -0.39 is 23.4 Å². The molecule has 0 fully saturated rings. The quantitative estimate of drug-likeness (QED) is 0.776. The Kier molecular flexibility index (Phi) is 4.05. The molecule has 0 amide bonds. The van der Waals surface area contributed by atoms with Gasteiger partial charge >= 0.3 is 5.97 Å². The van der Waals surface area contributed by atoms with E-state index in [4.69, 9.17) is 4.74 Å². The van der Waals surface area contributed by atoms with Crippen LogP contribution < -0.4 is 4.74 Å². The lowest BCUT2D eigenvalue weighted by molar-refractivity contribution is 0.0600. The lowest BCUT2D eigenvalue weighted by Crippen LogP contribution is -2.13. The van der Waals surface area contributed by atoms with Gasteiger partial charge in [0.25, 0.3) is 0 Å². The van der Waals surface area contributed by atoms with Gasteiger partial charge in [-0.2, -0.15) is 0 Å². The highest BCUT2D eigenvalue weighted by atomic mass is 19.1. The van der Waals surface area contributed by atoms with E-state index in [-0.39, 0.29) is 23.3 Å². The molecule has 0 bridgehead atoms. The Morgan fingerprint density at radius 3 is 2.42 bits per heavy atom. The van der Waals surface area contributed by atoms with Crippen LogP contribution in [0.3, 0.4) is 0 Å². The molecule has 0 aliphatic carbocycles. The first-order valence-electron chi connectivity index (χ1n) is 7.12. The number of benzene rings is 2. The van der Waals surface area contributed by atoms with E-state index >= 15 is 0 Å². The highest BCUT2D eigenvalue weighted by Crippen LogP contribution is 2.40. The zero-order valence-electron chi connectivity index (χ0n) is 13.0. The fourth-order valence-corrected chi connectivity index (χ4v) is 2.71. The van der Waals surface area contributed by atoms with Crippen LogP contribution in [-0.2, 0) is 4.74 Å². The number of methoxy groups -OCH3 is 1. The van der Waals surface area contributed by atoms with Crippen LogP contribution in [0.25, 0.3) is 5.57 Å². The summed E-state index contributed by atoms with van der Waals surface area (Å²) >= 11 is 0. The Bertz CT molecular complexity index is 849. The van der Waals surface area contributed by atoms with Gasteiger partial charge in [-0.05, 0) is 30.7 Å². The van der Waals surface area contributed by atoms with E-state index in [9.17, 15) is 18.0 Å². The highest BCUT2D eigenvalue weighted by molar-refractivity contribution is 5.94. The summed E-state index contributed by atoms with van der Waals surface area (Å²) in [7, 11) is 1.24. The second-order valence-electron chi connectivity index (χ2n) is 5.39. The summed E-state index contributed by atoms with van der Waals surface area (Å²) in [6, 6.07) is 5.73. The minimum absolute atomic E-state index is 0.135. The average molecular weight is 334 g/mol. The van der Waals surface area contributed by atoms with E-state index in [1.165, 1.54) is 25.3 Å². The summed E-state index contributed by atoms with van der Waals surface area (Å²) in [5, 5.41) is 0. The van der Waals surface area contributed by atoms with E-state index in [0.29, 0.717) is 29.0 Å². The summed E-state index contributed by atoms with van der Waals surface area (Å²) in [4.78, 5) is 11.7. The summed E-state index contributed by atoms with van der Waals surface area (Å²) in [6.45, 7) is 1.79. The topological polar surface area (TPSA) is 35.5 Å². The molecule has 0 saturated heterocycles. The SMILES string of the molecule is COC(=O)c1ccc2c(c1)C(c1c(F)cc(F)cc1F)=C(C)CO2. The van der Waals surface area contributed by atoms with Crippen molar-refractivity contribution in [2.45, 2.75) is 6.92 Å². The summed E-state index contributed by atoms with van der Waals surface area (Å²) in [6.07, 6.45) is 0. The second kappa shape index (κ2) is 6.03. The maximum atomic E-state index is 14.2. The molecule has 2 aromatic rings. The molecule has 24 heavy (non-hydrogen) atoms. The third-order valence-corrected chi connectivity index (χ3v) is 3.80. The summed E-state index contributed by atoms with van der Waals surface area (Å²) in [5.74, 6) is -3.23. The van der Waals surface area contributed by atoms with Gasteiger partial charge in [0, 0.05) is 23.3 Å². The number of hydrogen-bond donors (Lipinski definition) is 0. The molecule has 6 heteroatoms. The molecule has 1 aliphatic heterocycles. The molecule has 1 heterocycles. The molecule has 0 unspecified atom stereocenters. The van der Waals surface area contributed by atoms with Crippen LogP contribution in [0.5, 0.6) is 5.75 Å². The van der Waals surface area contributed by atoms with Crippen LogP contribution in [0, 0.1) is 17.5 Å². The van der Waals surface area contributed by atoms with Crippen molar-refractivity contribution in [1.82, 2.24) is 0 Å². The second-order valence-corrected chi connectivity index (χ2v) is 5.39. The predicted molar refractivity (Wildman–Crippen MR) is 81.3 cm³/mol. The molecule has 0 aromatic heterocycles. The van der Waals surface area contributed by atoms with Gasteiger partial charge in [0.2, 0.25) is 0 Å². The molecule has 0 radical (unpaired) electrons. The monoisotopic (exact) mass is 334 g/mol. The van der Waals surface area contributed by atoms with Gasteiger partial charge in [-0.15, -0.1) is 0 Å². The average Bonchev–Trinajstić information content (AvgIpc) is 2.54. The number of hydrogen-bond acceptors (Lipinski definition) is 3. The number of halogens is 3. The lowest BCUT2D eigenvalue weighted by Gasteiger charge is -2.24. The molecule has 0 N–H and O–H groups in total. The number of esters is 1. The molecular weight excluding hydrogens is 321 g/mol. The number of rotatable bonds is 2. The van der Waals surface area contributed by atoms with E-state index in [0.717, 1.165) is 0 Å². The third-order valence-electron chi connectivity index (χ3n) is 3.80. The maximum Gasteiger partial charge on any atom is 0.337 e. The van der Waals surface area contributed by atoms with Crippen molar-refractivity contribution < 1.29 is 27.4 Å². The van der Waals surface area contributed by atoms with E-state index in [1.807, 2.05) is 0 Å². The first-order chi connectivity index (χ1) is 11.4. The normalized spacial score (nSPS) is 13.4. The fraction of sp³-hybridized carbons (Fsp3) is 0.167. The maximum absolute atomic E-state index is 14.2. The zero-order valence-corrected chi connectivity index (χ0v) is 13.0. The zero-order chi connectivity index (χ0) is 17.4. The predicted octanol–water partition coefficient (Wildman–Crippen LogP) is 4.10. The van der Waals surface area contributed by atoms with Crippen LogP contribution in [0.4, 0.5) is 13.2 Å². The molecule has 1 aliphatic rings. The summed E-state index contributed by atoms with van der Waals surface area (Å²) in [5.41, 5.74) is 1.03. The largest absolute Gasteiger partial charge is 0.489 e. The van der Waals surface area contributed by atoms with Crippen molar-refractivity contribution in [2.24, 2.45) is 0 Å². The van der Waals surface area contributed by atoms with Crippen LogP contribution in [0.2, 0.25) is 0 Å². The Labute approximate surface area is 136 Å². The number of ether oxygens (including phenoxy) is 2. The van der Waals surface area contributed by atoms with Gasteiger partial charge in [-0.3, -0.25) is 0 Å². The number of carbonyl (C=O) groups excluding carboxylic acids is 1. The van der Waals surface area contributed by atoms with Gasteiger partial charge in [0.1, 0.15) is 29.8 Å². The Morgan fingerprint density at radius 2 is 1.79 bits per heavy atom. The molecule has 0 saturated carbocycles. The molecule has 2 aromatic carbocycles. The van der Waals surface area contributed by atoms with Gasteiger partial charge in [0.15, 0.2) is 0 Å². The number of fused-ring (bicyclic) bond motifs is 1. The van der Waals surface area contributed by atoms with Gasteiger partial charge < -0.3 is 9.47 Å². The minimum atomic E-state index is -1.02. The highest BCUT2D eigenvalue weighted by Gasteiger charge is 2.26. The molecule has 124 valence electrons. The first kappa shape index (κ1) is 16.1. The third kappa shape index (κ3) is 2.64. The summed E-state index contributed by atoms with van der Waals surface area (Å²) < 4.78 is 51.9. The number of carbonyl (C=O) groups is 1. The van der Waals surface area contributed by atoms with Crippen molar-refractivity contribution in [3.8, 4) is 5.75 Å². The standard InChI is InChI=1S/C18H13F3O3/c1-9-8-24-15-4-3-10(18(22)23-2)5-12(15)16(9)17-13(20)6-11(19)7-14(17)21/h3-7H,8H2,1-2H3. The Morgan fingerprint density at radius 1 is 1.12 bits per heavy atom. The van der Waals surface area contributed by atoms with Gasteiger partial charge in [-0.25, -0.2) is 18.0 Å². The molecular formula is C18H13F3O3. The van der Waals surface area contributed by atoms with Gasteiger partial charge in [0.05, 0.1) is 18.2 Å². The van der Waals surface area contributed by atoms with Crippen molar-refractivity contribution in [3.05, 3.63) is 70.0 Å². The molecule has 3 rings (SSSR count). The van der Waals surface area contributed by atoms with E-state index in [1.54, 1.807) is 6.92 Å². The smallest absolute Gasteiger partial charge is 0.337 e. The Hall–Kier alpha value is -2.76. The molecule has 3 nitrogen and oxygen atoms in total. The van der Waals surface area contributed by atoms with Crippen LogP contribution in [0.15, 0.2) is 35.9 Å². The minimum Gasteiger partial charge on any atom is -0.489 e. The van der Waals surface area contributed by atoms with Crippen molar-refractivity contribution in [3.63, 3.8) is 0 Å². The van der Waals surface area contributed by atoms with Crippen LogP contribution >= 0.6 is 0 Å². The molecule has 0 spiro atoms. The fourth-order valence-electron chi connectivity index (χ4n) is 2.71. The van der Waals surface area contributed by atoms with Crippen molar-refractivity contribution in [1.29, 1.82) is 0 Å². The van der Waals surface area contributed by atoms with E-state index in [2.05, 4.69) is 4.74 Å². The lowest BCUT2D eigenvalue weighted by atomic mass is 9.89. The van der Waals surface area contributed by atoms with Gasteiger partial charge in [-0.1, -0.05) is 0 Å². The van der Waals surface area contributed by atoms with Crippen molar-refractivity contribution in [2.75, 3.05) is 13.7 Å². The Balaban J connectivity index is 2.25. The van der Waals surface area contributed by atoms with Crippen molar-refractivity contribution >= 4 is 11.5 Å². The first-order valence-corrected chi connectivity index (χ1v) is 7.12.